The van der Waals surface area contributed by atoms with E-state index in [4.69, 9.17) is 9.15 Å². The number of aromatic hydroxyl groups is 1. The van der Waals surface area contributed by atoms with Gasteiger partial charge in [0, 0.05) is 16.6 Å². The molecule has 0 unspecified atom stereocenters. The van der Waals surface area contributed by atoms with Gasteiger partial charge >= 0.3 is 11.8 Å². The summed E-state index contributed by atoms with van der Waals surface area (Å²) in [5, 5.41) is 10.7. The lowest BCUT2D eigenvalue weighted by molar-refractivity contribution is -0.139. The van der Waals surface area contributed by atoms with Crippen LogP contribution in [0, 0.1) is 5.82 Å². The number of hydrogen-bond acceptors (Lipinski definition) is 6. The third-order valence-electron chi connectivity index (χ3n) is 5.89. The Balaban J connectivity index is 1.78. The molecule has 0 saturated carbocycles. The molecule has 0 amide bonds. The molecule has 0 saturated heterocycles. The van der Waals surface area contributed by atoms with Crippen molar-refractivity contribution in [3.8, 4) is 28.4 Å². The van der Waals surface area contributed by atoms with E-state index in [0.717, 1.165) is 12.1 Å². The first kappa shape index (κ1) is 26.1. The van der Waals surface area contributed by atoms with Gasteiger partial charge < -0.3 is 14.3 Å². The number of rotatable bonds is 5. The molecule has 5 aromatic rings. The van der Waals surface area contributed by atoms with Crippen LogP contribution in [0.1, 0.15) is 5.56 Å². The third-order valence-corrected chi connectivity index (χ3v) is 7.03. The largest absolute Gasteiger partial charge is 0.505 e. The van der Waals surface area contributed by atoms with E-state index in [1.165, 1.54) is 54.1 Å². The van der Waals surface area contributed by atoms with E-state index in [0.29, 0.717) is 28.8 Å². The van der Waals surface area contributed by atoms with Gasteiger partial charge in [0.2, 0.25) is 0 Å². The van der Waals surface area contributed by atoms with Crippen LogP contribution in [0.5, 0.6) is 11.5 Å². The first-order chi connectivity index (χ1) is 18.6. The average molecular weight is 556 g/mol. The molecular formula is C28H17F4NO5S. The van der Waals surface area contributed by atoms with Gasteiger partial charge in [0.05, 0.1) is 18.4 Å². The molecule has 6 nitrogen and oxygen atoms in total. The molecule has 0 fully saturated rings. The maximum Gasteiger partial charge on any atom is 0.417 e. The summed E-state index contributed by atoms with van der Waals surface area (Å²) in [6.07, 6.45) is -4.72. The fourth-order valence-corrected chi connectivity index (χ4v) is 5.04. The number of nitrogens with zero attached hydrogens (tertiary/aromatic N) is 1. The van der Waals surface area contributed by atoms with Crippen molar-refractivity contribution in [1.82, 2.24) is 4.57 Å². The minimum Gasteiger partial charge on any atom is -0.505 e. The Labute approximate surface area is 221 Å². The Kier molecular flexibility index (Phi) is 6.69. The minimum absolute atomic E-state index is 0.211. The molecule has 0 spiro atoms. The summed E-state index contributed by atoms with van der Waals surface area (Å²) in [7, 11) is 1.47. The van der Waals surface area contributed by atoms with Crippen molar-refractivity contribution in [2.45, 2.75) is 16.0 Å². The fourth-order valence-electron chi connectivity index (χ4n) is 4.05. The van der Waals surface area contributed by atoms with Crippen LogP contribution >= 0.6 is 11.8 Å². The van der Waals surface area contributed by atoms with Crippen molar-refractivity contribution < 1.29 is 31.8 Å². The van der Waals surface area contributed by atoms with Crippen molar-refractivity contribution >= 4 is 22.7 Å². The Morgan fingerprint density at radius 1 is 0.949 bits per heavy atom. The molecule has 2 heterocycles. The first-order valence-corrected chi connectivity index (χ1v) is 12.1. The topological polar surface area (TPSA) is 81.7 Å². The maximum absolute atomic E-state index is 13.9. The summed E-state index contributed by atoms with van der Waals surface area (Å²) in [5.74, 6) is -0.823. The van der Waals surface area contributed by atoms with E-state index in [1.807, 2.05) is 0 Å². The standard InChI is InChI=1S/C28H17F4NO5S/c1-37-18-12-10-17(11-13-18)33-20(15-6-8-16(29)9-7-15)14-21-23(26(33)35)24(34)25(27(36)38-21)39-22-5-3-2-4-19(22)28(30,31)32/h2-14,34H,1H3. The minimum atomic E-state index is -4.72. The number of fused-ring (bicyclic) bond motifs is 1. The van der Waals surface area contributed by atoms with Crippen molar-refractivity contribution in [1.29, 1.82) is 0 Å². The predicted octanol–water partition coefficient (Wildman–Crippen LogP) is 6.63. The van der Waals surface area contributed by atoms with Gasteiger partial charge in [-0.25, -0.2) is 9.18 Å². The van der Waals surface area contributed by atoms with Gasteiger partial charge in [-0.2, -0.15) is 13.2 Å². The molecule has 0 aliphatic heterocycles. The molecule has 3 aromatic carbocycles. The van der Waals surface area contributed by atoms with Crippen molar-refractivity contribution in [3.63, 3.8) is 0 Å². The molecule has 11 heteroatoms. The van der Waals surface area contributed by atoms with Crippen LogP contribution in [-0.2, 0) is 6.18 Å². The molecule has 0 bridgehead atoms. The highest BCUT2D eigenvalue weighted by atomic mass is 32.2. The summed E-state index contributed by atoms with van der Waals surface area (Å²) >= 11 is 0.344. The van der Waals surface area contributed by atoms with E-state index in [1.54, 1.807) is 24.3 Å². The molecule has 0 aliphatic carbocycles. The smallest absolute Gasteiger partial charge is 0.417 e. The SMILES string of the molecule is COc1ccc(-n2c(-c3ccc(F)cc3)cc3oc(=O)c(Sc4ccccc4C(F)(F)F)c(O)c3c2=O)cc1. The van der Waals surface area contributed by atoms with Gasteiger partial charge in [-0.15, -0.1) is 0 Å². The predicted molar refractivity (Wildman–Crippen MR) is 137 cm³/mol. The normalized spacial score (nSPS) is 11.6. The number of halogens is 4. The zero-order chi connectivity index (χ0) is 27.9. The Hall–Kier alpha value is -4.51. The van der Waals surface area contributed by atoms with E-state index >= 15 is 0 Å². The number of pyridine rings is 1. The van der Waals surface area contributed by atoms with Gasteiger partial charge in [0.25, 0.3) is 5.56 Å². The van der Waals surface area contributed by atoms with Crippen LogP contribution in [0.4, 0.5) is 17.6 Å². The number of ether oxygens (including phenoxy) is 1. The quantitative estimate of drug-likeness (QED) is 0.245. The van der Waals surface area contributed by atoms with E-state index in [2.05, 4.69) is 0 Å². The first-order valence-electron chi connectivity index (χ1n) is 11.3. The van der Waals surface area contributed by atoms with Crippen LogP contribution in [0.15, 0.2) is 103 Å². The molecule has 198 valence electrons. The molecule has 0 aliphatic rings. The zero-order valence-corrected chi connectivity index (χ0v) is 20.8. The molecule has 0 atom stereocenters. The van der Waals surface area contributed by atoms with Gasteiger partial charge in [-0.3, -0.25) is 9.36 Å². The lowest BCUT2D eigenvalue weighted by Crippen LogP contribution is -2.21. The van der Waals surface area contributed by atoms with E-state index in [9.17, 15) is 32.3 Å². The number of aromatic nitrogens is 1. The number of alkyl halides is 3. The van der Waals surface area contributed by atoms with Gasteiger partial charge in [-0.1, -0.05) is 23.9 Å². The van der Waals surface area contributed by atoms with Crippen LogP contribution < -0.4 is 15.9 Å². The highest BCUT2D eigenvalue weighted by Crippen LogP contribution is 2.42. The molecule has 0 radical (unpaired) electrons. The molecule has 5 rings (SSSR count). The summed E-state index contributed by atoms with van der Waals surface area (Å²) in [6, 6.07) is 17.4. The molecule has 39 heavy (non-hydrogen) atoms. The Morgan fingerprint density at radius 2 is 1.62 bits per heavy atom. The van der Waals surface area contributed by atoms with Crippen molar-refractivity contribution in [3.05, 3.63) is 111 Å². The molecule has 1 N–H and O–H groups in total. The zero-order valence-electron chi connectivity index (χ0n) is 20.0. The van der Waals surface area contributed by atoms with Crippen molar-refractivity contribution in [2.24, 2.45) is 0 Å². The van der Waals surface area contributed by atoms with Crippen molar-refractivity contribution in [2.75, 3.05) is 7.11 Å². The molecular weight excluding hydrogens is 538 g/mol. The second-order valence-electron chi connectivity index (χ2n) is 8.28. The Morgan fingerprint density at radius 3 is 2.26 bits per heavy atom. The summed E-state index contributed by atoms with van der Waals surface area (Å²) in [4.78, 5) is 25.8. The van der Waals surface area contributed by atoms with Crippen LogP contribution in [0.25, 0.3) is 27.9 Å². The highest BCUT2D eigenvalue weighted by Gasteiger charge is 2.34. The number of hydrogen-bond donors (Lipinski definition) is 1. The van der Waals surface area contributed by atoms with Crippen LogP contribution in [0.3, 0.4) is 0 Å². The van der Waals surface area contributed by atoms with Gasteiger partial charge in [-0.05, 0) is 66.2 Å². The van der Waals surface area contributed by atoms with Crippen LogP contribution in [0.2, 0.25) is 0 Å². The maximum atomic E-state index is 13.9. The lowest BCUT2D eigenvalue weighted by atomic mass is 10.1. The monoisotopic (exact) mass is 555 g/mol. The third kappa shape index (κ3) is 4.88. The number of benzene rings is 3. The highest BCUT2D eigenvalue weighted by molar-refractivity contribution is 7.99. The van der Waals surface area contributed by atoms with Gasteiger partial charge in [0.15, 0.2) is 5.75 Å². The fraction of sp³-hybridized carbons (Fsp3) is 0.0714. The van der Waals surface area contributed by atoms with Crippen LogP contribution in [-0.4, -0.2) is 16.8 Å². The second kappa shape index (κ2) is 9.99. The van der Waals surface area contributed by atoms with E-state index in [-0.39, 0.29) is 16.2 Å². The summed E-state index contributed by atoms with van der Waals surface area (Å²) in [5.41, 5.74) is -2.31. The molecule has 2 aromatic heterocycles. The summed E-state index contributed by atoms with van der Waals surface area (Å²) in [6.45, 7) is 0. The summed E-state index contributed by atoms with van der Waals surface area (Å²) < 4.78 is 65.9. The van der Waals surface area contributed by atoms with Gasteiger partial charge in [0.1, 0.15) is 27.4 Å². The Bertz CT molecular complexity index is 1810. The lowest BCUT2D eigenvalue weighted by Gasteiger charge is -2.16. The second-order valence-corrected chi connectivity index (χ2v) is 9.33. The number of methoxy groups -OCH3 is 1. The average Bonchev–Trinajstić information content (AvgIpc) is 2.91. The van der Waals surface area contributed by atoms with E-state index < -0.39 is 44.8 Å².